The monoisotopic (exact) mass is 260 g/mol. The van der Waals surface area contributed by atoms with Crippen molar-refractivity contribution in [2.75, 3.05) is 31.1 Å². The van der Waals surface area contributed by atoms with Crippen LogP contribution in [0.2, 0.25) is 0 Å². The molecule has 1 aliphatic carbocycles. The topological polar surface area (TPSA) is 32.3 Å². The SMILES string of the molecule is C[C@H]1CCC[C@H](N2CCN(c3ncccn3)CC2)C1. The third-order valence-corrected chi connectivity index (χ3v) is 4.57. The van der Waals surface area contributed by atoms with E-state index < -0.39 is 0 Å². The molecule has 0 aromatic carbocycles. The number of hydrogen-bond donors (Lipinski definition) is 0. The summed E-state index contributed by atoms with van der Waals surface area (Å²) in [5.74, 6) is 1.80. The van der Waals surface area contributed by atoms with Crippen molar-refractivity contribution in [3.8, 4) is 0 Å². The molecule has 2 heterocycles. The number of piperazine rings is 1. The average Bonchev–Trinajstić information content (AvgIpc) is 2.48. The fourth-order valence-corrected chi connectivity index (χ4v) is 3.48. The summed E-state index contributed by atoms with van der Waals surface area (Å²) in [6.45, 7) is 6.86. The van der Waals surface area contributed by atoms with E-state index in [9.17, 15) is 0 Å². The Balaban J connectivity index is 1.54. The van der Waals surface area contributed by atoms with Crippen molar-refractivity contribution >= 4 is 5.95 Å². The van der Waals surface area contributed by atoms with Gasteiger partial charge in [0.1, 0.15) is 0 Å². The fraction of sp³-hybridized carbons (Fsp3) is 0.733. The lowest BCUT2D eigenvalue weighted by atomic mass is 9.86. The van der Waals surface area contributed by atoms with Crippen LogP contribution in [0.4, 0.5) is 5.95 Å². The van der Waals surface area contributed by atoms with Crippen molar-refractivity contribution in [3.05, 3.63) is 18.5 Å². The van der Waals surface area contributed by atoms with Crippen LogP contribution >= 0.6 is 0 Å². The summed E-state index contributed by atoms with van der Waals surface area (Å²) in [6.07, 6.45) is 9.28. The van der Waals surface area contributed by atoms with E-state index in [1.165, 1.54) is 25.7 Å². The van der Waals surface area contributed by atoms with Crippen molar-refractivity contribution < 1.29 is 0 Å². The molecular formula is C15H24N4. The van der Waals surface area contributed by atoms with Gasteiger partial charge in [0.05, 0.1) is 0 Å². The smallest absolute Gasteiger partial charge is 0.225 e. The van der Waals surface area contributed by atoms with E-state index in [0.29, 0.717) is 0 Å². The second-order valence-corrected chi connectivity index (χ2v) is 6.00. The van der Waals surface area contributed by atoms with Gasteiger partial charge in [0.2, 0.25) is 5.95 Å². The van der Waals surface area contributed by atoms with E-state index in [0.717, 1.165) is 44.1 Å². The van der Waals surface area contributed by atoms with Crippen LogP contribution in [0.5, 0.6) is 0 Å². The van der Waals surface area contributed by atoms with Gasteiger partial charge < -0.3 is 4.90 Å². The summed E-state index contributed by atoms with van der Waals surface area (Å²) in [7, 11) is 0. The minimum Gasteiger partial charge on any atom is -0.338 e. The number of nitrogens with zero attached hydrogens (tertiary/aromatic N) is 4. The average molecular weight is 260 g/mol. The molecule has 3 rings (SSSR count). The lowest BCUT2D eigenvalue weighted by molar-refractivity contribution is 0.127. The molecule has 1 aromatic heterocycles. The number of hydrogen-bond acceptors (Lipinski definition) is 4. The van der Waals surface area contributed by atoms with Crippen LogP contribution in [0.1, 0.15) is 32.6 Å². The van der Waals surface area contributed by atoms with Crippen LogP contribution in [-0.2, 0) is 0 Å². The molecule has 4 heteroatoms. The molecule has 0 radical (unpaired) electrons. The van der Waals surface area contributed by atoms with E-state index in [1.807, 2.05) is 18.5 Å². The molecule has 104 valence electrons. The van der Waals surface area contributed by atoms with Crippen LogP contribution in [-0.4, -0.2) is 47.1 Å². The van der Waals surface area contributed by atoms with Gasteiger partial charge >= 0.3 is 0 Å². The summed E-state index contributed by atoms with van der Waals surface area (Å²) < 4.78 is 0. The Bertz CT molecular complexity index is 386. The van der Waals surface area contributed by atoms with E-state index in [-0.39, 0.29) is 0 Å². The highest BCUT2D eigenvalue weighted by atomic mass is 15.3. The van der Waals surface area contributed by atoms with Gasteiger partial charge in [-0.05, 0) is 24.8 Å². The Kier molecular flexibility index (Phi) is 3.97. The van der Waals surface area contributed by atoms with Gasteiger partial charge in [-0.3, -0.25) is 4.90 Å². The zero-order chi connectivity index (χ0) is 13.1. The summed E-state index contributed by atoms with van der Waals surface area (Å²) in [5.41, 5.74) is 0. The van der Waals surface area contributed by atoms with Gasteiger partial charge in [-0.25, -0.2) is 9.97 Å². The van der Waals surface area contributed by atoms with Crippen molar-refractivity contribution in [2.45, 2.75) is 38.6 Å². The zero-order valence-electron chi connectivity index (χ0n) is 11.8. The number of rotatable bonds is 2. The standard InChI is InChI=1S/C15H24N4/c1-13-4-2-5-14(12-13)18-8-10-19(11-9-18)15-16-6-3-7-17-15/h3,6-7,13-14H,2,4-5,8-12H2,1H3/t13-,14-/m0/s1. The van der Waals surface area contributed by atoms with Crippen molar-refractivity contribution in [1.29, 1.82) is 0 Å². The number of anilines is 1. The molecule has 1 saturated heterocycles. The minimum atomic E-state index is 0.822. The first kappa shape index (κ1) is 12.9. The van der Waals surface area contributed by atoms with Crippen molar-refractivity contribution in [2.24, 2.45) is 5.92 Å². The van der Waals surface area contributed by atoms with Crippen LogP contribution in [0.15, 0.2) is 18.5 Å². The quantitative estimate of drug-likeness (QED) is 0.816. The molecule has 0 bridgehead atoms. The van der Waals surface area contributed by atoms with Crippen LogP contribution in [0.25, 0.3) is 0 Å². The highest BCUT2D eigenvalue weighted by Gasteiger charge is 2.27. The van der Waals surface area contributed by atoms with E-state index >= 15 is 0 Å². The lowest BCUT2D eigenvalue weighted by Gasteiger charge is -2.41. The predicted octanol–water partition coefficient (Wildman–Crippen LogP) is 2.18. The van der Waals surface area contributed by atoms with Gasteiger partial charge in [-0.1, -0.05) is 19.8 Å². The van der Waals surface area contributed by atoms with Crippen LogP contribution < -0.4 is 4.90 Å². The molecule has 2 aliphatic rings. The highest BCUT2D eigenvalue weighted by molar-refractivity contribution is 5.29. The van der Waals surface area contributed by atoms with E-state index in [2.05, 4.69) is 26.7 Å². The first-order valence-electron chi connectivity index (χ1n) is 7.59. The lowest BCUT2D eigenvalue weighted by Crippen LogP contribution is -2.51. The van der Waals surface area contributed by atoms with Gasteiger partial charge in [-0.2, -0.15) is 0 Å². The summed E-state index contributed by atoms with van der Waals surface area (Å²) in [4.78, 5) is 13.7. The van der Waals surface area contributed by atoms with Crippen molar-refractivity contribution in [3.63, 3.8) is 0 Å². The molecule has 19 heavy (non-hydrogen) atoms. The molecule has 1 aliphatic heterocycles. The molecule has 2 fully saturated rings. The first-order valence-corrected chi connectivity index (χ1v) is 7.59. The number of aromatic nitrogens is 2. The zero-order valence-corrected chi connectivity index (χ0v) is 11.8. The Morgan fingerprint density at radius 3 is 2.47 bits per heavy atom. The molecule has 0 spiro atoms. The Morgan fingerprint density at radius 1 is 1.05 bits per heavy atom. The highest BCUT2D eigenvalue weighted by Crippen LogP contribution is 2.28. The molecule has 4 nitrogen and oxygen atoms in total. The molecule has 0 amide bonds. The van der Waals surface area contributed by atoms with Gasteiger partial charge in [0.15, 0.2) is 0 Å². The summed E-state index contributed by atoms with van der Waals surface area (Å²) in [6, 6.07) is 2.70. The van der Waals surface area contributed by atoms with Crippen LogP contribution in [0.3, 0.4) is 0 Å². The van der Waals surface area contributed by atoms with Gasteiger partial charge in [0.25, 0.3) is 0 Å². The van der Waals surface area contributed by atoms with Gasteiger partial charge in [-0.15, -0.1) is 0 Å². The summed E-state index contributed by atoms with van der Waals surface area (Å²) >= 11 is 0. The molecule has 1 saturated carbocycles. The Morgan fingerprint density at radius 2 is 1.79 bits per heavy atom. The first-order chi connectivity index (χ1) is 9.33. The second-order valence-electron chi connectivity index (χ2n) is 6.00. The largest absolute Gasteiger partial charge is 0.338 e. The maximum Gasteiger partial charge on any atom is 0.225 e. The third kappa shape index (κ3) is 3.06. The minimum absolute atomic E-state index is 0.822. The second kappa shape index (κ2) is 5.87. The van der Waals surface area contributed by atoms with Crippen molar-refractivity contribution in [1.82, 2.24) is 14.9 Å². The molecule has 1 aromatic rings. The van der Waals surface area contributed by atoms with Crippen LogP contribution in [0, 0.1) is 5.92 Å². The fourth-order valence-electron chi connectivity index (χ4n) is 3.48. The molecular weight excluding hydrogens is 236 g/mol. The predicted molar refractivity (Wildman–Crippen MR) is 77.2 cm³/mol. The van der Waals surface area contributed by atoms with E-state index in [4.69, 9.17) is 0 Å². The Labute approximate surface area is 115 Å². The Hall–Kier alpha value is -1.16. The maximum absolute atomic E-state index is 4.35. The normalized spacial score (nSPS) is 29.4. The maximum atomic E-state index is 4.35. The molecule has 0 unspecified atom stereocenters. The van der Waals surface area contributed by atoms with Gasteiger partial charge in [0, 0.05) is 44.6 Å². The van der Waals surface area contributed by atoms with E-state index in [1.54, 1.807) is 0 Å². The molecule has 0 N–H and O–H groups in total. The summed E-state index contributed by atoms with van der Waals surface area (Å²) in [5, 5.41) is 0. The third-order valence-electron chi connectivity index (χ3n) is 4.57. The molecule has 2 atom stereocenters.